The lowest BCUT2D eigenvalue weighted by Gasteiger charge is -2.38. The number of unbranched alkanes of at least 4 members (excludes halogenated alkanes) is 13. The quantitative estimate of drug-likeness (QED) is 0.0192. The predicted octanol–water partition coefficient (Wildman–Crippen LogP) is 11.9. The Labute approximate surface area is 346 Å². The Balaban J connectivity index is 1.10. The number of para-hydroxylation sites is 1. The highest BCUT2D eigenvalue weighted by atomic mass is 32.2. The van der Waals surface area contributed by atoms with Crippen LogP contribution in [0.15, 0.2) is 90.1 Å². The number of H-pyrrole nitrogens is 2. The number of anilines is 1. The topological polar surface area (TPSA) is 126 Å². The van der Waals surface area contributed by atoms with E-state index in [2.05, 4.69) is 21.6 Å². The van der Waals surface area contributed by atoms with Crippen LogP contribution in [0.2, 0.25) is 0 Å². The van der Waals surface area contributed by atoms with Gasteiger partial charge in [0.25, 0.3) is 0 Å². The Kier molecular flexibility index (Phi) is 13.8. The molecule has 0 aliphatic carbocycles. The zero-order valence-corrected chi connectivity index (χ0v) is 35.5. The van der Waals surface area contributed by atoms with Gasteiger partial charge in [0.2, 0.25) is 10.0 Å². The van der Waals surface area contributed by atoms with E-state index in [9.17, 15) is 13.2 Å². The van der Waals surface area contributed by atoms with Crippen LogP contribution in [0.3, 0.4) is 0 Å². The van der Waals surface area contributed by atoms with E-state index in [4.69, 9.17) is 14.1 Å². The van der Waals surface area contributed by atoms with Crippen LogP contribution in [0.4, 0.5) is 5.69 Å². The molecule has 2 aromatic heterocycles. The van der Waals surface area contributed by atoms with Gasteiger partial charge in [-0.1, -0.05) is 139 Å². The number of nitrogens with zero attached hydrogens (tertiary/aromatic N) is 1. The molecule has 0 bridgehead atoms. The van der Waals surface area contributed by atoms with Gasteiger partial charge in [0, 0.05) is 69.8 Å². The molecule has 58 heavy (non-hydrogen) atoms. The van der Waals surface area contributed by atoms with Crippen LogP contribution >= 0.6 is 12.0 Å². The molecular weight excluding hydrogens is 769 g/mol. The number of hydrogen-bond acceptors (Lipinski definition) is 8. The van der Waals surface area contributed by atoms with Crippen molar-refractivity contribution in [3.8, 4) is 0 Å². The third-order valence-electron chi connectivity index (χ3n) is 11.2. The number of aromatic amines is 2. The molecule has 0 spiro atoms. The summed E-state index contributed by atoms with van der Waals surface area (Å²) in [6.45, 7) is 2.26. The second-order valence-corrected chi connectivity index (χ2v) is 18.3. The zero-order valence-electron chi connectivity index (χ0n) is 33.9. The summed E-state index contributed by atoms with van der Waals surface area (Å²) in [4.78, 5) is 26.9. The molecule has 1 aliphatic rings. The normalized spacial score (nSPS) is 15.6. The number of benzene rings is 4. The van der Waals surface area contributed by atoms with Crippen molar-refractivity contribution >= 4 is 66.3 Å². The van der Waals surface area contributed by atoms with Crippen molar-refractivity contribution in [3.63, 3.8) is 0 Å². The number of cyclic esters (lactones) is 1. The van der Waals surface area contributed by atoms with Crippen LogP contribution in [0.1, 0.15) is 124 Å². The monoisotopic (exact) mass is 824 g/mol. The Morgan fingerprint density at radius 2 is 1.38 bits per heavy atom. The number of carbonyl (C=O) groups excluding carboxylic acids is 1. The van der Waals surface area contributed by atoms with Crippen LogP contribution in [0, 0.1) is 0 Å². The average molecular weight is 825 g/mol. The minimum Gasteiger partial charge on any atom is -0.440 e. The minimum absolute atomic E-state index is 0.0528. The molecule has 0 saturated heterocycles. The summed E-state index contributed by atoms with van der Waals surface area (Å²) in [6.07, 6.45) is 20.6. The van der Waals surface area contributed by atoms with Crippen molar-refractivity contribution in [2.24, 2.45) is 0 Å². The van der Waals surface area contributed by atoms with E-state index in [0.717, 1.165) is 74.4 Å². The summed E-state index contributed by atoms with van der Waals surface area (Å²) < 4.78 is 41.8. The minimum atomic E-state index is -3.63. The van der Waals surface area contributed by atoms with Gasteiger partial charge in [-0.05, 0) is 36.1 Å². The van der Waals surface area contributed by atoms with Gasteiger partial charge in [0.15, 0.2) is 5.60 Å². The number of sulfonamides is 1. The lowest BCUT2D eigenvalue weighted by Crippen LogP contribution is -2.38. The SMILES string of the molecule is CCCCCCCCCCCCCCCCS(=O)(=O)Nc1cccc2c(C3(c4c[nH]c5cc(SOON(C)C)ccc45)OC(=O)c4cccc5cccc3c45)c[nH]c12. The molecule has 6 aromatic rings. The number of esters is 1. The Hall–Kier alpha value is -4.33. The van der Waals surface area contributed by atoms with E-state index in [1.807, 2.05) is 73.1 Å². The molecule has 0 amide bonds. The highest BCUT2D eigenvalue weighted by Gasteiger charge is 2.48. The summed E-state index contributed by atoms with van der Waals surface area (Å²) in [6, 6.07) is 23.1. The molecule has 0 radical (unpaired) electrons. The lowest BCUT2D eigenvalue weighted by molar-refractivity contribution is -0.340. The van der Waals surface area contributed by atoms with Crippen LogP contribution in [-0.4, -0.2) is 49.3 Å². The maximum Gasteiger partial charge on any atom is 0.340 e. The van der Waals surface area contributed by atoms with Gasteiger partial charge >= 0.3 is 5.97 Å². The molecule has 0 fully saturated rings. The van der Waals surface area contributed by atoms with Crippen molar-refractivity contribution < 1.29 is 27.3 Å². The number of aromatic nitrogens is 2. The molecule has 12 heteroatoms. The molecule has 308 valence electrons. The first-order chi connectivity index (χ1) is 28.2. The van der Waals surface area contributed by atoms with Crippen molar-refractivity contribution in [1.29, 1.82) is 0 Å². The highest BCUT2D eigenvalue weighted by molar-refractivity contribution is 7.94. The van der Waals surface area contributed by atoms with E-state index in [1.54, 1.807) is 26.2 Å². The van der Waals surface area contributed by atoms with E-state index < -0.39 is 21.6 Å². The Morgan fingerprint density at radius 1 is 0.741 bits per heavy atom. The van der Waals surface area contributed by atoms with Gasteiger partial charge < -0.3 is 14.7 Å². The number of rotatable bonds is 23. The summed E-state index contributed by atoms with van der Waals surface area (Å²) >= 11 is 1.08. The van der Waals surface area contributed by atoms with Gasteiger partial charge in [-0.15, -0.1) is 9.32 Å². The Bertz CT molecular complexity index is 2440. The third kappa shape index (κ3) is 9.26. The standard InChI is InChI=1S/C46H56N4O6S2/c1-4-5-6-7-8-9-10-11-12-13-14-15-16-17-29-58(52,53)49-41-26-20-23-36-40(32-48-44(36)41)46(38-25-19-22-33-21-18-24-37(43(33)38)45(51)54-46)39-31-47-42-30-34(27-28-35(39)42)57-56-55-50(2)3/h18-28,30-32,47-49H,4-17,29H2,1-3H3. The number of nitrogens with one attached hydrogen (secondary N) is 3. The molecule has 1 atom stereocenters. The fraction of sp³-hybridized carbons (Fsp3) is 0.413. The van der Waals surface area contributed by atoms with Crippen molar-refractivity contribution in [3.05, 3.63) is 107 Å². The van der Waals surface area contributed by atoms with Crippen LogP contribution in [-0.2, 0) is 29.7 Å². The van der Waals surface area contributed by atoms with Gasteiger partial charge in [-0.3, -0.25) is 4.72 Å². The van der Waals surface area contributed by atoms with Gasteiger partial charge in [0.1, 0.15) is 0 Å². The third-order valence-corrected chi connectivity index (χ3v) is 13.2. The smallest absolute Gasteiger partial charge is 0.340 e. The molecule has 3 N–H and O–H groups in total. The van der Waals surface area contributed by atoms with Gasteiger partial charge in [-0.25, -0.2) is 13.2 Å². The number of hydroxylamine groups is 2. The van der Waals surface area contributed by atoms with Crippen LogP contribution in [0.25, 0.3) is 32.6 Å². The zero-order chi connectivity index (χ0) is 40.5. The average Bonchev–Trinajstić information content (AvgIpc) is 3.85. The predicted molar refractivity (Wildman–Crippen MR) is 235 cm³/mol. The highest BCUT2D eigenvalue weighted by Crippen LogP contribution is 2.52. The maximum atomic E-state index is 14.1. The molecule has 1 aliphatic heterocycles. The second-order valence-electron chi connectivity index (χ2n) is 15.7. The van der Waals surface area contributed by atoms with Crippen molar-refractivity contribution in [1.82, 2.24) is 15.0 Å². The molecular formula is C46H56N4O6S2. The molecule has 4 aromatic carbocycles. The van der Waals surface area contributed by atoms with Crippen molar-refractivity contribution in [2.75, 3.05) is 24.6 Å². The van der Waals surface area contributed by atoms with Crippen LogP contribution in [0.5, 0.6) is 0 Å². The number of fused-ring (bicyclic) bond motifs is 2. The lowest BCUT2D eigenvalue weighted by atomic mass is 9.75. The number of carbonyl (C=O) groups is 1. The van der Waals surface area contributed by atoms with Crippen molar-refractivity contribution in [2.45, 2.75) is 107 Å². The summed E-state index contributed by atoms with van der Waals surface area (Å²) in [5.74, 6) is -0.392. The fourth-order valence-corrected chi connectivity index (χ4v) is 10.1. The van der Waals surface area contributed by atoms with E-state index in [1.165, 1.54) is 69.3 Å². The van der Waals surface area contributed by atoms with Gasteiger partial charge in [0.05, 0.1) is 34.6 Å². The molecule has 7 rings (SSSR count). The maximum absolute atomic E-state index is 14.1. The van der Waals surface area contributed by atoms with Crippen LogP contribution < -0.4 is 4.72 Å². The number of hydrogen-bond donors (Lipinski definition) is 3. The molecule has 0 saturated carbocycles. The first kappa shape index (κ1) is 41.8. The molecule has 10 nitrogen and oxygen atoms in total. The van der Waals surface area contributed by atoms with E-state index in [0.29, 0.717) is 28.8 Å². The summed E-state index contributed by atoms with van der Waals surface area (Å²) in [5, 5.41) is 4.77. The van der Waals surface area contributed by atoms with Gasteiger partial charge in [-0.2, -0.15) is 5.06 Å². The first-order valence-corrected chi connectivity index (χ1v) is 23.3. The second kappa shape index (κ2) is 19.2. The first-order valence-electron chi connectivity index (χ1n) is 20.9. The number of ether oxygens (including phenoxy) is 1. The summed E-state index contributed by atoms with van der Waals surface area (Å²) in [5.41, 5.74) is 3.21. The molecule has 3 heterocycles. The molecule has 1 unspecified atom stereocenters. The van der Waals surface area contributed by atoms with E-state index in [-0.39, 0.29) is 5.75 Å². The largest absolute Gasteiger partial charge is 0.440 e. The fourth-order valence-electron chi connectivity index (χ4n) is 8.40. The Morgan fingerprint density at radius 3 is 2.09 bits per heavy atom. The van der Waals surface area contributed by atoms with E-state index >= 15 is 0 Å². The summed E-state index contributed by atoms with van der Waals surface area (Å²) in [7, 11) is -0.164.